The molecule has 1 aliphatic carbocycles. The second-order valence-corrected chi connectivity index (χ2v) is 9.67. The Kier molecular flexibility index (Phi) is 4.73. The zero-order chi connectivity index (χ0) is 16.7. The molecular formula is C16H29N3O3S. The number of hydrogen-bond donors (Lipinski definition) is 0. The van der Waals surface area contributed by atoms with Crippen molar-refractivity contribution in [1.29, 1.82) is 0 Å². The van der Waals surface area contributed by atoms with E-state index in [1.165, 1.54) is 12.8 Å². The Hall–Kier alpha value is -0.660. The van der Waals surface area contributed by atoms with E-state index in [0.29, 0.717) is 25.4 Å². The summed E-state index contributed by atoms with van der Waals surface area (Å²) >= 11 is 0. The van der Waals surface area contributed by atoms with Gasteiger partial charge in [0.05, 0.1) is 5.75 Å². The molecule has 2 aliphatic heterocycles. The second-order valence-electron chi connectivity index (χ2n) is 7.41. The summed E-state index contributed by atoms with van der Waals surface area (Å²) in [4.78, 5) is 16.7. The van der Waals surface area contributed by atoms with Gasteiger partial charge in [0.1, 0.15) is 0 Å². The van der Waals surface area contributed by atoms with E-state index >= 15 is 0 Å². The molecule has 0 radical (unpaired) electrons. The van der Waals surface area contributed by atoms with E-state index in [4.69, 9.17) is 0 Å². The Bertz CT molecular complexity index is 561. The van der Waals surface area contributed by atoms with Crippen molar-refractivity contribution in [3.8, 4) is 0 Å². The number of piperazine rings is 1. The Labute approximate surface area is 139 Å². The molecule has 0 aromatic carbocycles. The summed E-state index contributed by atoms with van der Waals surface area (Å²) in [5, 5.41) is 0. The van der Waals surface area contributed by atoms with Crippen LogP contribution in [0.5, 0.6) is 0 Å². The molecular weight excluding hydrogens is 314 g/mol. The maximum absolute atomic E-state index is 12.4. The third-order valence-corrected chi connectivity index (χ3v) is 7.73. The molecule has 7 heteroatoms. The van der Waals surface area contributed by atoms with Crippen molar-refractivity contribution in [2.75, 3.05) is 45.5 Å². The van der Waals surface area contributed by atoms with Gasteiger partial charge in [-0.05, 0) is 45.6 Å². The van der Waals surface area contributed by atoms with Crippen LogP contribution in [-0.2, 0) is 14.8 Å². The van der Waals surface area contributed by atoms with Crippen LogP contribution in [0, 0.1) is 5.92 Å². The fraction of sp³-hybridized carbons (Fsp3) is 0.938. The van der Waals surface area contributed by atoms with E-state index in [0.717, 1.165) is 32.5 Å². The molecule has 0 aromatic heterocycles. The van der Waals surface area contributed by atoms with Gasteiger partial charge in [0, 0.05) is 44.7 Å². The van der Waals surface area contributed by atoms with Gasteiger partial charge in [-0.25, -0.2) is 8.42 Å². The lowest BCUT2D eigenvalue weighted by Crippen LogP contribution is -2.62. The maximum atomic E-state index is 12.4. The Morgan fingerprint density at radius 2 is 1.91 bits per heavy atom. The number of hydrogen-bond acceptors (Lipinski definition) is 4. The van der Waals surface area contributed by atoms with Crippen LogP contribution >= 0.6 is 0 Å². The maximum Gasteiger partial charge on any atom is 0.222 e. The molecule has 3 rings (SSSR count). The first-order valence-electron chi connectivity index (χ1n) is 8.83. The summed E-state index contributed by atoms with van der Waals surface area (Å²) in [7, 11) is -1.08. The SMILES string of the molecule is CCS(=O)(=O)N1CCN(C)[C@]2(CCC(=O)N(CC3CC3)CC2)C1. The van der Waals surface area contributed by atoms with E-state index in [1.54, 1.807) is 11.2 Å². The fourth-order valence-electron chi connectivity index (χ4n) is 3.88. The minimum Gasteiger partial charge on any atom is -0.342 e. The molecule has 2 saturated heterocycles. The number of carbonyl (C=O) groups is 1. The van der Waals surface area contributed by atoms with E-state index in [-0.39, 0.29) is 17.2 Å². The van der Waals surface area contributed by atoms with Crippen molar-refractivity contribution in [1.82, 2.24) is 14.1 Å². The van der Waals surface area contributed by atoms with Crippen LogP contribution in [0.3, 0.4) is 0 Å². The van der Waals surface area contributed by atoms with E-state index < -0.39 is 10.0 Å². The van der Waals surface area contributed by atoms with Crippen LogP contribution in [0.15, 0.2) is 0 Å². The van der Waals surface area contributed by atoms with Crippen LogP contribution < -0.4 is 0 Å². The van der Waals surface area contributed by atoms with E-state index in [2.05, 4.69) is 11.9 Å². The summed E-state index contributed by atoms with van der Waals surface area (Å²) in [5.41, 5.74) is -0.186. The molecule has 0 unspecified atom stereocenters. The number of rotatable bonds is 4. The summed E-state index contributed by atoms with van der Waals surface area (Å²) in [6.07, 6.45) is 4.67. The van der Waals surface area contributed by atoms with Gasteiger partial charge in [-0.1, -0.05) is 0 Å². The topological polar surface area (TPSA) is 60.9 Å². The van der Waals surface area contributed by atoms with Gasteiger partial charge < -0.3 is 4.90 Å². The molecule has 0 bridgehead atoms. The zero-order valence-corrected chi connectivity index (χ0v) is 15.1. The van der Waals surface area contributed by atoms with Gasteiger partial charge >= 0.3 is 0 Å². The molecule has 0 N–H and O–H groups in total. The van der Waals surface area contributed by atoms with Gasteiger partial charge in [0.15, 0.2) is 0 Å². The fourth-order valence-corrected chi connectivity index (χ4v) is 5.04. The lowest BCUT2D eigenvalue weighted by atomic mass is 9.87. The van der Waals surface area contributed by atoms with E-state index in [9.17, 15) is 13.2 Å². The van der Waals surface area contributed by atoms with Gasteiger partial charge in [-0.2, -0.15) is 4.31 Å². The highest BCUT2D eigenvalue weighted by Crippen LogP contribution is 2.35. The molecule has 1 saturated carbocycles. The number of amides is 1. The third-order valence-electron chi connectivity index (χ3n) is 5.90. The molecule has 23 heavy (non-hydrogen) atoms. The van der Waals surface area contributed by atoms with Gasteiger partial charge in [0.25, 0.3) is 0 Å². The van der Waals surface area contributed by atoms with Crippen LogP contribution in [0.4, 0.5) is 0 Å². The highest BCUT2D eigenvalue weighted by molar-refractivity contribution is 7.89. The minimum atomic E-state index is -3.16. The van der Waals surface area contributed by atoms with Crippen LogP contribution in [0.25, 0.3) is 0 Å². The van der Waals surface area contributed by atoms with Crippen LogP contribution in [-0.4, -0.2) is 79.5 Å². The zero-order valence-electron chi connectivity index (χ0n) is 14.3. The Balaban J connectivity index is 1.74. The Morgan fingerprint density at radius 3 is 2.57 bits per heavy atom. The van der Waals surface area contributed by atoms with Crippen molar-refractivity contribution < 1.29 is 13.2 Å². The number of likely N-dealkylation sites (N-methyl/N-ethyl adjacent to an activating group) is 1. The number of carbonyl (C=O) groups excluding carboxylic acids is 1. The monoisotopic (exact) mass is 343 g/mol. The molecule has 3 aliphatic rings. The highest BCUT2D eigenvalue weighted by Gasteiger charge is 2.45. The van der Waals surface area contributed by atoms with E-state index in [1.807, 2.05) is 4.90 Å². The molecule has 3 fully saturated rings. The average molecular weight is 343 g/mol. The minimum absolute atomic E-state index is 0.152. The summed E-state index contributed by atoms with van der Waals surface area (Å²) in [5.74, 6) is 1.10. The van der Waals surface area contributed by atoms with Crippen LogP contribution in [0.2, 0.25) is 0 Å². The average Bonchev–Trinajstić information content (AvgIpc) is 3.35. The summed E-state index contributed by atoms with van der Waals surface area (Å²) in [6.45, 7) is 5.21. The first-order valence-corrected chi connectivity index (χ1v) is 10.4. The number of sulfonamides is 1. The molecule has 1 amide bonds. The number of likely N-dealkylation sites (tertiary alicyclic amines) is 1. The largest absolute Gasteiger partial charge is 0.342 e. The standard InChI is InChI=1S/C16H29N3O3S/c1-3-23(21,22)19-11-10-17(2)16(13-19)7-6-15(20)18(9-8-16)12-14-4-5-14/h14H,3-13H2,1-2H3/t16-/m0/s1. The molecule has 132 valence electrons. The quantitative estimate of drug-likeness (QED) is 0.756. The normalized spacial score (nSPS) is 31.6. The second kappa shape index (κ2) is 6.33. The third kappa shape index (κ3) is 3.56. The lowest BCUT2D eigenvalue weighted by molar-refractivity contribution is -0.130. The first kappa shape index (κ1) is 17.2. The highest BCUT2D eigenvalue weighted by atomic mass is 32.2. The number of nitrogens with zero attached hydrogens (tertiary/aromatic N) is 3. The van der Waals surface area contributed by atoms with Crippen molar-refractivity contribution in [3.05, 3.63) is 0 Å². The van der Waals surface area contributed by atoms with Gasteiger partial charge in [0.2, 0.25) is 15.9 Å². The van der Waals surface area contributed by atoms with Gasteiger partial charge in [-0.3, -0.25) is 9.69 Å². The molecule has 1 spiro atoms. The summed E-state index contributed by atoms with van der Waals surface area (Å²) in [6, 6.07) is 0. The predicted octanol–water partition coefficient (Wildman–Crippen LogP) is 0.745. The smallest absolute Gasteiger partial charge is 0.222 e. The first-order chi connectivity index (χ1) is 10.9. The van der Waals surface area contributed by atoms with Crippen molar-refractivity contribution in [2.45, 2.75) is 44.6 Å². The lowest BCUT2D eigenvalue weighted by Gasteiger charge is -2.48. The Morgan fingerprint density at radius 1 is 1.17 bits per heavy atom. The molecule has 2 heterocycles. The molecule has 6 nitrogen and oxygen atoms in total. The predicted molar refractivity (Wildman–Crippen MR) is 89.5 cm³/mol. The van der Waals surface area contributed by atoms with Crippen molar-refractivity contribution in [3.63, 3.8) is 0 Å². The molecule has 0 aromatic rings. The van der Waals surface area contributed by atoms with Crippen molar-refractivity contribution in [2.24, 2.45) is 5.92 Å². The summed E-state index contributed by atoms with van der Waals surface area (Å²) < 4.78 is 26.2. The molecule has 1 atom stereocenters. The van der Waals surface area contributed by atoms with Crippen LogP contribution in [0.1, 0.15) is 39.0 Å². The van der Waals surface area contributed by atoms with Gasteiger partial charge in [-0.15, -0.1) is 0 Å². The van der Waals surface area contributed by atoms with Crippen molar-refractivity contribution >= 4 is 15.9 Å².